The van der Waals surface area contributed by atoms with Crippen molar-refractivity contribution in [2.45, 2.75) is 221 Å². The van der Waals surface area contributed by atoms with Gasteiger partial charge in [0.2, 0.25) is 11.6 Å². The van der Waals surface area contributed by atoms with E-state index in [4.69, 9.17) is 57.8 Å². The number of benzene rings is 3. The van der Waals surface area contributed by atoms with Gasteiger partial charge in [-0.25, -0.2) is 19.6 Å². The van der Waals surface area contributed by atoms with Crippen molar-refractivity contribution in [3.05, 3.63) is 96.4 Å². The molecule has 0 radical (unpaired) electrons. The van der Waals surface area contributed by atoms with Crippen LogP contribution in [-0.4, -0.2) is 141 Å². The number of ether oxygens (including phenoxy) is 2. The van der Waals surface area contributed by atoms with Crippen LogP contribution in [0.2, 0.25) is 5.02 Å². The lowest BCUT2D eigenvalue weighted by Gasteiger charge is -2.45. The number of nitrogens with one attached hydrogen (secondary N) is 3. The fraction of sp³-hybridized carbons (Fsp3) is 0.606. The molecule has 0 bridgehead atoms. The van der Waals surface area contributed by atoms with Gasteiger partial charge in [-0.05, 0) is 190 Å². The largest absolute Gasteiger partial charge is 0.382 e. The van der Waals surface area contributed by atoms with Gasteiger partial charge in [0.25, 0.3) is 0 Å². The predicted molar refractivity (Wildman–Crippen MR) is 372 cm³/mol. The molecule has 91 heavy (non-hydrogen) atoms. The van der Waals surface area contributed by atoms with Crippen LogP contribution in [0.3, 0.4) is 0 Å². The van der Waals surface area contributed by atoms with Crippen LogP contribution in [0.1, 0.15) is 158 Å². The second-order valence-electron chi connectivity index (χ2n) is 28.2. The first-order chi connectivity index (χ1) is 43.4. The third kappa shape index (κ3) is 20.0. The number of hydrogen-bond acceptors (Lipinski definition) is 19. The monoisotopic (exact) mass is 1280 g/mol. The average Bonchev–Trinajstić information content (AvgIpc) is 0.855. The molecule has 7 aliphatic rings. The van der Waals surface area contributed by atoms with Crippen LogP contribution in [0.25, 0.3) is 32.7 Å². The van der Waals surface area contributed by atoms with Crippen molar-refractivity contribution < 1.29 is 35.2 Å². The van der Waals surface area contributed by atoms with Crippen molar-refractivity contribution in [1.82, 2.24) is 20.3 Å². The smallest absolute Gasteiger partial charge is 0.202 e. The molecular formula is C71H107ClN12O7. The second-order valence-corrected chi connectivity index (χ2v) is 28.6. The topological polar surface area (TPSA) is 235 Å². The highest BCUT2D eigenvalue weighted by atomic mass is 35.5. The van der Waals surface area contributed by atoms with E-state index in [-0.39, 0.29) is 18.4 Å². The molecule has 5 heterocycles. The normalized spacial score (nSPS) is 26.7. The van der Waals surface area contributed by atoms with Crippen LogP contribution in [0.4, 0.5) is 28.4 Å². The van der Waals surface area contributed by atoms with Crippen LogP contribution >= 0.6 is 11.6 Å². The van der Waals surface area contributed by atoms with Gasteiger partial charge in [-0.3, -0.25) is 19.7 Å². The Balaban J connectivity index is 0.000000160. The first kappa shape index (κ1) is 69.8. The quantitative estimate of drug-likeness (QED) is 0.0738. The Morgan fingerprint density at radius 1 is 0.462 bits per heavy atom. The fourth-order valence-corrected chi connectivity index (χ4v) is 12.9. The van der Waals surface area contributed by atoms with E-state index in [1.165, 1.54) is 59.2 Å². The lowest BCUT2D eigenvalue weighted by molar-refractivity contribution is -0.511. The maximum atomic E-state index is 11.1. The molecule has 500 valence electrons. The number of ketones is 1. The number of fused-ring (bicyclic) bond motifs is 3. The molecule has 2 spiro atoms. The lowest BCUT2D eigenvalue weighted by Crippen LogP contribution is -2.53. The summed E-state index contributed by atoms with van der Waals surface area (Å²) >= 11 is 6.08. The van der Waals surface area contributed by atoms with Gasteiger partial charge in [0.15, 0.2) is 0 Å². The standard InChI is InChI=1S/C27H40N4O3.C17H24N4.C11H11ClN2.C10H16O4.C6H14N2.H2/c1-26(2)18-32-27(34-33-26)14-11-21(12-15-27)29-19-5-7-20(8-6-19)30-25-13-16-28-24-10-9-22(31(3)4)17-23(24)25;1-21(2)14-7-8-16-15(11-14)17(9-10-19-16)20-13-5-3-12(18)4-6-13;1-14(2)8-3-4-11-9(7-8)10(12)5-6-13-11;1-9(2)7-12-10(14-13-9)5-3-8(11)4-6-10;7-5-1-2-6(8)4-3-5;/h9-10,13,16-17,19-21,29H,5-8,11-12,14-15,18H2,1-4H3,(H,28,30);7-13H,3-6,18H2,1-2H3,(H,19,20);3-7H,1-2H3;3-7H2,1-2H3;5-6H,1-4,7-8H2;1H/i;;;;;1+1. The van der Waals surface area contributed by atoms with Gasteiger partial charge >= 0.3 is 0 Å². The summed E-state index contributed by atoms with van der Waals surface area (Å²) in [7, 11) is 12.3. The van der Waals surface area contributed by atoms with E-state index in [0.717, 1.165) is 110 Å². The zero-order chi connectivity index (χ0) is 64.9. The number of aromatic nitrogens is 3. The summed E-state index contributed by atoms with van der Waals surface area (Å²) in [6, 6.07) is 28.4. The summed E-state index contributed by atoms with van der Waals surface area (Å²) in [6.45, 7) is 8.92. The van der Waals surface area contributed by atoms with Crippen molar-refractivity contribution >= 4 is 78.5 Å². The number of pyridine rings is 3. The Hall–Kier alpha value is -5.55. The summed E-state index contributed by atoms with van der Waals surface area (Å²) in [4.78, 5) is 52.5. The van der Waals surface area contributed by atoms with Crippen LogP contribution in [0.5, 0.6) is 0 Å². The molecule has 3 aromatic carbocycles. The van der Waals surface area contributed by atoms with Gasteiger partial charge < -0.3 is 57.3 Å². The van der Waals surface area contributed by atoms with Crippen molar-refractivity contribution in [3.8, 4) is 0 Å². The Morgan fingerprint density at radius 3 is 1.22 bits per heavy atom. The molecule has 0 unspecified atom stereocenters. The van der Waals surface area contributed by atoms with Crippen LogP contribution in [0, 0.1) is 0 Å². The minimum Gasteiger partial charge on any atom is -0.382 e. The molecule has 13 rings (SSSR count). The van der Waals surface area contributed by atoms with Gasteiger partial charge in [-0.1, -0.05) is 11.6 Å². The number of anilines is 5. The maximum absolute atomic E-state index is 11.1. The third-order valence-corrected chi connectivity index (χ3v) is 19.0. The third-order valence-electron chi connectivity index (χ3n) is 18.7. The van der Waals surface area contributed by atoms with Gasteiger partial charge in [0.05, 0.1) is 34.8 Å². The second kappa shape index (κ2) is 31.6. The van der Waals surface area contributed by atoms with Crippen molar-refractivity contribution in [2.75, 3.05) is 80.8 Å². The lowest BCUT2D eigenvalue weighted by atomic mass is 9.86. The highest BCUT2D eigenvalue weighted by molar-refractivity contribution is 6.35. The highest BCUT2D eigenvalue weighted by Gasteiger charge is 2.46. The first-order valence-corrected chi connectivity index (χ1v) is 33.7. The summed E-state index contributed by atoms with van der Waals surface area (Å²) in [5, 5.41) is 15.6. The summed E-state index contributed by atoms with van der Waals surface area (Å²) in [5.41, 5.74) is 25.5. The Morgan fingerprint density at radius 2 is 0.813 bits per heavy atom. The molecule has 7 fully saturated rings. The van der Waals surface area contributed by atoms with Crippen molar-refractivity contribution in [3.63, 3.8) is 0 Å². The minimum absolute atomic E-state index is 0. The van der Waals surface area contributed by atoms with E-state index in [0.29, 0.717) is 81.2 Å². The molecule has 5 saturated carbocycles. The molecule has 20 heteroatoms. The first-order valence-electron chi connectivity index (χ1n) is 33.4. The molecule has 0 amide bonds. The number of hydrogen-bond donors (Lipinski definition) is 6. The van der Waals surface area contributed by atoms with Crippen LogP contribution in [0.15, 0.2) is 91.4 Å². The summed E-state index contributed by atoms with van der Waals surface area (Å²) in [6.07, 6.45) is 25.5. The number of carbonyl (C=O) groups excluding carboxylic acids is 1. The molecule has 2 saturated heterocycles. The average molecular weight is 1280 g/mol. The highest BCUT2D eigenvalue weighted by Crippen LogP contribution is 2.40. The molecular weight excluding hydrogens is 1170 g/mol. The van der Waals surface area contributed by atoms with Crippen molar-refractivity contribution in [2.24, 2.45) is 17.2 Å². The van der Waals surface area contributed by atoms with E-state index >= 15 is 0 Å². The number of halogens is 1. The maximum Gasteiger partial charge on any atom is 0.202 e. The van der Waals surface area contributed by atoms with Gasteiger partial charge in [0.1, 0.15) is 17.0 Å². The minimum atomic E-state index is -0.649. The SMILES string of the molecule is CC1(C)COC2(CCC(=O)CC2)OO1.CN(C)c1ccc2nccc(Cl)c2c1.CN(C)c1ccc2nccc(NC3CCC(N)CC3)c2c1.CN(C)c1ccc2nccc(NC3CCC(NC4CCC5(CC4)OCC(C)(C)OO5)CC3)c2c1.NC1CCC(N)CC1.[2HH]. The Bertz CT molecular complexity index is 3250. The Labute approximate surface area is 547 Å². The van der Waals surface area contributed by atoms with E-state index in [9.17, 15) is 4.79 Å². The van der Waals surface area contributed by atoms with E-state index < -0.39 is 11.6 Å². The zero-order valence-electron chi connectivity index (χ0n) is 55.9. The molecule has 0 atom stereocenters. The Kier molecular flexibility index (Phi) is 24.2. The van der Waals surface area contributed by atoms with Gasteiger partial charge in [-0.15, -0.1) is 0 Å². The van der Waals surface area contributed by atoms with Gasteiger partial charge in [0, 0.05) is 188 Å². The predicted octanol–water partition coefficient (Wildman–Crippen LogP) is 13.0. The van der Waals surface area contributed by atoms with Crippen molar-refractivity contribution in [1.29, 1.82) is 0 Å². The number of nitrogens with two attached hydrogens (primary N) is 3. The number of nitrogens with zero attached hydrogens (tertiary/aromatic N) is 6. The van der Waals surface area contributed by atoms with E-state index in [2.05, 4.69) is 117 Å². The fourth-order valence-electron chi connectivity index (χ4n) is 12.7. The summed E-state index contributed by atoms with van der Waals surface area (Å²) in [5.74, 6) is -0.897. The van der Waals surface area contributed by atoms with Gasteiger partial charge in [-0.2, -0.15) is 0 Å². The molecule has 19 nitrogen and oxygen atoms in total. The zero-order valence-corrected chi connectivity index (χ0v) is 56.7. The number of Topliss-reactive ketones (excluding diaryl/α,β-unsaturated/α-hetero) is 1. The van der Waals surface area contributed by atoms with Crippen LogP contribution in [-0.2, 0) is 33.8 Å². The molecule has 3 aromatic heterocycles. The van der Waals surface area contributed by atoms with Crippen LogP contribution < -0.4 is 47.9 Å². The van der Waals surface area contributed by atoms with E-state index in [1.54, 1.807) is 6.20 Å². The van der Waals surface area contributed by atoms with E-state index in [1.807, 2.05) is 83.3 Å². The summed E-state index contributed by atoms with van der Waals surface area (Å²) < 4.78 is 11.8. The molecule has 6 aromatic rings. The molecule has 5 aliphatic carbocycles. The molecule has 2 aliphatic heterocycles. The molecule has 9 N–H and O–H groups in total. The number of carbonyl (C=O) groups is 1. The number of rotatable bonds is 9.